The average Bonchev–Trinajstić information content (AvgIpc) is 3.56. The van der Waals surface area contributed by atoms with E-state index in [9.17, 15) is 10.2 Å². The molecule has 0 spiro atoms. The zero-order chi connectivity index (χ0) is 24.9. The lowest BCUT2D eigenvalue weighted by Gasteiger charge is -2.25. The Labute approximate surface area is 201 Å². The molecule has 0 saturated heterocycles. The van der Waals surface area contributed by atoms with Gasteiger partial charge in [0.15, 0.2) is 0 Å². The predicted octanol–water partition coefficient (Wildman–Crippen LogP) is 3.09. The highest BCUT2D eigenvalue weighted by atomic mass is 16.3. The number of aromatic amines is 1. The molecule has 4 aromatic heterocycles. The molecule has 0 radical (unpaired) electrons. The highest BCUT2D eigenvalue weighted by molar-refractivity contribution is 6.07. The Balaban J connectivity index is 1.63. The molecule has 5 aromatic rings. The largest absolute Gasteiger partial charge is 0.394 e. The molecule has 0 fully saturated rings. The first-order valence-electron chi connectivity index (χ1n) is 11.4. The van der Waals surface area contributed by atoms with E-state index in [4.69, 9.17) is 10.7 Å². The second-order valence-electron chi connectivity index (χ2n) is 9.32. The van der Waals surface area contributed by atoms with Crippen molar-refractivity contribution < 1.29 is 10.2 Å². The number of rotatable bonds is 7. The van der Waals surface area contributed by atoms with E-state index in [1.165, 1.54) is 0 Å². The molecule has 0 aliphatic heterocycles. The molecular formula is C24H29N9O2. The van der Waals surface area contributed by atoms with Crippen molar-refractivity contribution in [3.63, 3.8) is 0 Å². The number of aliphatic hydroxyl groups excluding tert-OH is 2. The van der Waals surface area contributed by atoms with Crippen LogP contribution in [0.1, 0.15) is 32.5 Å². The van der Waals surface area contributed by atoms with Crippen LogP contribution in [0.15, 0.2) is 36.8 Å². The number of aliphatic hydroxyl groups is 2. The molecular weight excluding hydrogens is 446 g/mol. The number of nitrogen functional groups attached to an aromatic ring is 1. The third kappa shape index (κ3) is 3.69. The maximum absolute atomic E-state index is 9.72. The van der Waals surface area contributed by atoms with Gasteiger partial charge in [0, 0.05) is 29.4 Å². The number of benzene rings is 1. The standard InChI is InChI=1S/C24H29N9O2/c1-13(2)32-9-17(15-6-5-7-18-16(15)8-26-30-18)20-21(25)28-23(29-22(20)32)27-19-10-33(31-14(19)3)24(4,11-34)12-35/h5-10,13,34-35H,11-12H2,1-4H3,(H,26,30)(H3,25,27,28,29). The second-order valence-corrected chi connectivity index (χ2v) is 9.32. The molecule has 0 saturated carbocycles. The number of nitrogens with two attached hydrogens (primary N) is 1. The molecule has 35 heavy (non-hydrogen) atoms. The number of hydrogen-bond donors (Lipinski definition) is 5. The van der Waals surface area contributed by atoms with Gasteiger partial charge in [0.1, 0.15) is 17.0 Å². The van der Waals surface area contributed by atoms with Crippen LogP contribution in [0.4, 0.5) is 17.5 Å². The van der Waals surface area contributed by atoms with E-state index in [1.807, 2.05) is 31.3 Å². The smallest absolute Gasteiger partial charge is 0.231 e. The van der Waals surface area contributed by atoms with Crippen molar-refractivity contribution in [2.24, 2.45) is 0 Å². The Morgan fingerprint density at radius 2 is 1.91 bits per heavy atom. The average molecular weight is 476 g/mol. The van der Waals surface area contributed by atoms with Gasteiger partial charge in [-0.05, 0) is 39.3 Å². The number of hydrogen-bond acceptors (Lipinski definition) is 8. The number of anilines is 3. The van der Waals surface area contributed by atoms with Crippen LogP contribution in [0.3, 0.4) is 0 Å². The lowest BCUT2D eigenvalue weighted by molar-refractivity contribution is 0.0680. The maximum atomic E-state index is 9.72. The molecule has 0 amide bonds. The normalized spacial score (nSPS) is 12.3. The van der Waals surface area contributed by atoms with Crippen molar-refractivity contribution in [2.75, 3.05) is 24.3 Å². The highest BCUT2D eigenvalue weighted by Crippen LogP contribution is 2.38. The fraction of sp³-hybridized carbons (Fsp3) is 0.333. The van der Waals surface area contributed by atoms with E-state index in [0.29, 0.717) is 28.8 Å². The van der Waals surface area contributed by atoms with Gasteiger partial charge in [-0.25, -0.2) is 0 Å². The molecule has 11 heteroatoms. The Kier molecular flexibility index (Phi) is 5.45. The maximum Gasteiger partial charge on any atom is 0.231 e. The van der Waals surface area contributed by atoms with Gasteiger partial charge in [-0.2, -0.15) is 20.2 Å². The molecule has 182 valence electrons. The Bertz CT molecular complexity index is 1530. The van der Waals surface area contributed by atoms with Crippen LogP contribution in [-0.2, 0) is 5.54 Å². The van der Waals surface area contributed by atoms with E-state index in [1.54, 1.807) is 17.8 Å². The van der Waals surface area contributed by atoms with Crippen molar-refractivity contribution in [3.05, 3.63) is 42.5 Å². The summed E-state index contributed by atoms with van der Waals surface area (Å²) in [5, 5.41) is 36.1. The molecule has 0 aliphatic rings. The number of aryl methyl sites for hydroxylation is 1. The van der Waals surface area contributed by atoms with Crippen LogP contribution < -0.4 is 11.1 Å². The summed E-state index contributed by atoms with van der Waals surface area (Å²) in [6.07, 6.45) is 5.59. The zero-order valence-corrected chi connectivity index (χ0v) is 20.1. The molecule has 6 N–H and O–H groups in total. The first-order valence-corrected chi connectivity index (χ1v) is 11.4. The summed E-state index contributed by atoms with van der Waals surface area (Å²) in [6.45, 7) is 7.22. The van der Waals surface area contributed by atoms with Crippen molar-refractivity contribution in [2.45, 2.75) is 39.3 Å². The van der Waals surface area contributed by atoms with Crippen molar-refractivity contribution in [3.8, 4) is 11.1 Å². The van der Waals surface area contributed by atoms with Crippen molar-refractivity contribution in [1.82, 2.24) is 34.5 Å². The van der Waals surface area contributed by atoms with E-state index < -0.39 is 5.54 Å². The Morgan fingerprint density at radius 3 is 2.63 bits per heavy atom. The van der Waals surface area contributed by atoms with Crippen LogP contribution in [-0.4, -0.2) is 57.9 Å². The lowest BCUT2D eigenvalue weighted by Crippen LogP contribution is -2.38. The van der Waals surface area contributed by atoms with Crippen LogP contribution in [0.5, 0.6) is 0 Å². The van der Waals surface area contributed by atoms with Gasteiger partial charge >= 0.3 is 0 Å². The lowest BCUT2D eigenvalue weighted by atomic mass is 10.0. The summed E-state index contributed by atoms with van der Waals surface area (Å²) in [4.78, 5) is 9.38. The molecule has 11 nitrogen and oxygen atoms in total. The van der Waals surface area contributed by atoms with Gasteiger partial charge in [-0.3, -0.25) is 9.78 Å². The van der Waals surface area contributed by atoms with Crippen LogP contribution in [0.2, 0.25) is 0 Å². The van der Waals surface area contributed by atoms with Crippen molar-refractivity contribution in [1.29, 1.82) is 0 Å². The number of fused-ring (bicyclic) bond motifs is 2. The summed E-state index contributed by atoms with van der Waals surface area (Å²) in [7, 11) is 0. The minimum absolute atomic E-state index is 0.135. The summed E-state index contributed by atoms with van der Waals surface area (Å²) in [5.74, 6) is 0.688. The zero-order valence-electron chi connectivity index (χ0n) is 20.1. The molecule has 0 aliphatic carbocycles. The number of nitrogens with zero attached hydrogens (tertiary/aromatic N) is 6. The topological polar surface area (TPSA) is 156 Å². The van der Waals surface area contributed by atoms with Gasteiger partial charge in [-0.15, -0.1) is 0 Å². The third-order valence-electron chi connectivity index (χ3n) is 6.41. The van der Waals surface area contributed by atoms with Crippen LogP contribution >= 0.6 is 0 Å². The van der Waals surface area contributed by atoms with Gasteiger partial charge < -0.3 is 25.8 Å². The van der Waals surface area contributed by atoms with Gasteiger partial charge in [-0.1, -0.05) is 12.1 Å². The number of H-pyrrole nitrogens is 1. The van der Waals surface area contributed by atoms with E-state index in [0.717, 1.165) is 27.4 Å². The Hall–Kier alpha value is -3.96. The molecule has 5 rings (SSSR count). The molecule has 0 unspecified atom stereocenters. The number of aromatic nitrogens is 7. The second kappa shape index (κ2) is 8.36. The van der Waals surface area contributed by atoms with Crippen LogP contribution in [0.25, 0.3) is 33.1 Å². The van der Waals surface area contributed by atoms with Gasteiger partial charge in [0.2, 0.25) is 5.95 Å². The van der Waals surface area contributed by atoms with Crippen LogP contribution in [0, 0.1) is 6.92 Å². The summed E-state index contributed by atoms with van der Waals surface area (Å²) < 4.78 is 3.63. The molecule has 0 bridgehead atoms. The van der Waals surface area contributed by atoms with E-state index >= 15 is 0 Å². The monoisotopic (exact) mass is 475 g/mol. The SMILES string of the molecule is Cc1nn(C(C)(CO)CO)cc1Nc1nc(N)c2c(-c3cccc4[nH]ncc34)cn(C(C)C)c2n1. The van der Waals surface area contributed by atoms with Crippen molar-refractivity contribution >= 4 is 39.4 Å². The van der Waals surface area contributed by atoms with Gasteiger partial charge in [0.25, 0.3) is 0 Å². The summed E-state index contributed by atoms with van der Waals surface area (Å²) in [5.41, 5.74) is 10.5. The number of nitrogens with one attached hydrogen (secondary N) is 2. The van der Waals surface area contributed by atoms with Gasteiger partial charge in [0.05, 0.1) is 41.7 Å². The fourth-order valence-corrected chi connectivity index (χ4v) is 4.21. The fourth-order valence-electron chi connectivity index (χ4n) is 4.21. The predicted molar refractivity (Wildman–Crippen MR) is 135 cm³/mol. The minimum atomic E-state index is -0.927. The quantitative estimate of drug-likeness (QED) is 0.240. The third-order valence-corrected chi connectivity index (χ3v) is 6.41. The summed E-state index contributed by atoms with van der Waals surface area (Å²) >= 11 is 0. The minimum Gasteiger partial charge on any atom is -0.394 e. The van der Waals surface area contributed by atoms with E-state index in [2.05, 4.69) is 50.2 Å². The first-order chi connectivity index (χ1) is 16.8. The van der Waals surface area contributed by atoms with E-state index in [-0.39, 0.29) is 19.3 Å². The molecule has 1 aromatic carbocycles. The molecule has 4 heterocycles. The highest BCUT2D eigenvalue weighted by Gasteiger charge is 2.27. The Morgan fingerprint density at radius 1 is 1.14 bits per heavy atom. The first kappa shape index (κ1) is 22.8. The molecule has 0 atom stereocenters. The summed E-state index contributed by atoms with van der Waals surface area (Å²) in [6, 6.07) is 6.14.